The van der Waals surface area contributed by atoms with Crippen LogP contribution in [0.2, 0.25) is 0 Å². The first-order chi connectivity index (χ1) is 7.66. The Morgan fingerprint density at radius 3 is 2.29 bits per heavy atom. The summed E-state index contributed by atoms with van der Waals surface area (Å²) in [6.07, 6.45) is 6.42. The Labute approximate surface area is 110 Å². The van der Waals surface area contributed by atoms with Crippen molar-refractivity contribution in [2.24, 2.45) is 5.92 Å². The zero-order valence-electron chi connectivity index (χ0n) is 10.2. The Kier molecular flexibility index (Phi) is 6.20. The third-order valence-corrected chi connectivity index (χ3v) is 5.17. The Bertz CT molecular complexity index is 311. The lowest BCUT2D eigenvalue weighted by Crippen LogP contribution is -2.43. The molecule has 0 aromatic rings. The van der Waals surface area contributed by atoms with E-state index in [2.05, 4.69) is 10.0 Å². The van der Waals surface area contributed by atoms with Crippen LogP contribution in [0.15, 0.2) is 0 Å². The van der Waals surface area contributed by atoms with Crippen molar-refractivity contribution in [2.45, 2.75) is 44.6 Å². The zero-order chi connectivity index (χ0) is 11.4. The van der Waals surface area contributed by atoms with Crippen LogP contribution in [0.5, 0.6) is 0 Å². The van der Waals surface area contributed by atoms with Crippen molar-refractivity contribution < 1.29 is 8.42 Å². The zero-order valence-corrected chi connectivity index (χ0v) is 11.8. The Balaban J connectivity index is 0.00000144. The predicted octanol–water partition coefficient (Wildman–Crippen LogP) is 1.27. The van der Waals surface area contributed by atoms with E-state index in [-0.39, 0.29) is 18.4 Å². The van der Waals surface area contributed by atoms with E-state index < -0.39 is 10.0 Å². The standard InChI is InChI=1S/C11H22N2O2S.ClH/c14-16(15,9-6-10-2-1-3-10)13-11-4-7-12-8-5-11;/h10-13H,1-9H2;1H. The van der Waals surface area contributed by atoms with E-state index in [4.69, 9.17) is 0 Å². The third kappa shape index (κ3) is 5.12. The van der Waals surface area contributed by atoms with Crippen LogP contribution >= 0.6 is 12.4 Å². The first-order valence-electron chi connectivity index (χ1n) is 6.36. The molecule has 1 aliphatic heterocycles. The summed E-state index contributed by atoms with van der Waals surface area (Å²) in [4.78, 5) is 0. The summed E-state index contributed by atoms with van der Waals surface area (Å²) in [7, 11) is -3.03. The van der Waals surface area contributed by atoms with E-state index in [1.54, 1.807) is 0 Å². The summed E-state index contributed by atoms with van der Waals surface area (Å²) in [6.45, 7) is 1.85. The fourth-order valence-electron chi connectivity index (χ4n) is 2.36. The van der Waals surface area contributed by atoms with Crippen LogP contribution in [0, 0.1) is 5.92 Å². The number of sulfonamides is 1. The normalized spacial score (nSPS) is 22.8. The van der Waals surface area contributed by atoms with Gasteiger partial charge in [0.05, 0.1) is 5.75 Å². The minimum atomic E-state index is -3.03. The molecule has 1 saturated carbocycles. The van der Waals surface area contributed by atoms with Crippen LogP contribution in [0.3, 0.4) is 0 Å². The van der Waals surface area contributed by atoms with Gasteiger partial charge in [-0.05, 0) is 38.3 Å². The average molecular weight is 283 g/mol. The van der Waals surface area contributed by atoms with E-state index >= 15 is 0 Å². The van der Waals surface area contributed by atoms with Gasteiger partial charge < -0.3 is 5.32 Å². The van der Waals surface area contributed by atoms with Crippen molar-refractivity contribution in [3.63, 3.8) is 0 Å². The number of piperidine rings is 1. The highest BCUT2D eigenvalue weighted by molar-refractivity contribution is 7.89. The van der Waals surface area contributed by atoms with Gasteiger partial charge >= 0.3 is 0 Å². The number of rotatable bonds is 5. The molecule has 102 valence electrons. The number of hydrogen-bond acceptors (Lipinski definition) is 3. The van der Waals surface area contributed by atoms with Gasteiger partial charge in [-0.2, -0.15) is 0 Å². The second kappa shape index (κ2) is 6.92. The molecule has 17 heavy (non-hydrogen) atoms. The predicted molar refractivity (Wildman–Crippen MR) is 72.0 cm³/mol. The number of hydrogen-bond donors (Lipinski definition) is 2. The van der Waals surface area contributed by atoms with Crippen molar-refractivity contribution in [3.05, 3.63) is 0 Å². The molecule has 2 N–H and O–H groups in total. The van der Waals surface area contributed by atoms with E-state index in [1.165, 1.54) is 19.3 Å². The topological polar surface area (TPSA) is 58.2 Å². The highest BCUT2D eigenvalue weighted by Gasteiger charge is 2.23. The molecular weight excluding hydrogens is 260 g/mol. The maximum absolute atomic E-state index is 11.8. The summed E-state index contributed by atoms with van der Waals surface area (Å²) in [5.41, 5.74) is 0. The molecule has 2 rings (SSSR count). The minimum Gasteiger partial charge on any atom is -0.317 e. The van der Waals surface area contributed by atoms with Crippen LogP contribution < -0.4 is 10.0 Å². The fraction of sp³-hybridized carbons (Fsp3) is 1.00. The molecule has 0 aromatic heterocycles. The van der Waals surface area contributed by atoms with Crippen LogP contribution in [0.25, 0.3) is 0 Å². The molecule has 0 unspecified atom stereocenters. The molecule has 6 heteroatoms. The highest BCUT2D eigenvalue weighted by Crippen LogP contribution is 2.29. The van der Waals surface area contributed by atoms with Gasteiger partial charge in [-0.1, -0.05) is 19.3 Å². The van der Waals surface area contributed by atoms with Gasteiger partial charge in [0, 0.05) is 6.04 Å². The van der Waals surface area contributed by atoms with Gasteiger partial charge in [-0.25, -0.2) is 13.1 Å². The van der Waals surface area contributed by atoms with Gasteiger partial charge in [0.2, 0.25) is 10.0 Å². The van der Waals surface area contributed by atoms with Crippen molar-refractivity contribution in [3.8, 4) is 0 Å². The molecule has 1 heterocycles. The lowest BCUT2D eigenvalue weighted by molar-refractivity contribution is 0.307. The number of nitrogens with one attached hydrogen (secondary N) is 2. The second-order valence-corrected chi connectivity index (χ2v) is 6.92. The first-order valence-corrected chi connectivity index (χ1v) is 8.02. The fourth-order valence-corrected chi connectivity index (χ4v) is 3.86. The van der Waals surface area contributed by atoms with Crippen molar-refractivity contribution in [1.29, 1.82) is 0 Å². The molecule has 2 fully saturated rings. The third-order valence-electron chi connectivity index (χ3n) is 3.70. The Morgan fingerprint density at radius 2 is 1.76 bits per heavy atom. The molecule has 1 aliphatic carbocycles. The maximum atomic E-state index is 11.8. The molecule has 0 radical (unpaired) electrons. The van der Waals surface area contributed by atoms with Gasteiger partial charge in [0.15, 0.2) is 0 Å². The van der Waals surface area contributed by atoms with Gasteiger partial charge in [-0.15, -0.1) is 12.4 Å². The highest BCUT2D eigenvalue weighted by atomic mass is 35.5. The van der Waals surface area contributed by atoms with E-state index in [0.717, 1.165) is 32.4 Å². The molecule has 0 atom stereocenters. The number of halogens is 1. The maximum Gasteiger partial charge on any atom is 0.211 e. The first kappa shape index (κ1) is 15.2. The summed E-state index contributed by atoms with van der Waals surface area (Å²) in [6, 6.07) is 0.160. The van der Waals surface area contributed by atoms with E-state index in [0.29, 0.717) is 11.7 Å². The summed E-state index contributed by atoms with van der Waals surface area (Å²) < 4.78 is 26.5. The lowest BCUT2D eigenvalue weighted by atomic mass is 9.84. The molecule has 0 spiro atoms. The van der Waals surface area contributed by atoms with Crippen LogP contribution in [0.4, 0.5) is 0 Å². The van der Waals surface area contributed by atoms with Gasteiger partial charge in [0.1, 0.15) is 0 Å². The molecule has 0 aromatic carbocycles. The van der Waals surface area contributed by atoms with Crippen LogP contribution in [-0.4, -0.2) is 33.3 Å². The average Bonchev–Trinajstić information content (AvgIpc) is 2.15. The largest absolute Gasteiger partial charge is 0.317 e. The molecule has 0 bridgehead atoms. The SMILES string of the molecule is Cl.O=S(=O)(CCC1CCC1)NC1CCNCC1. The van der Waals surface area contributed by atoms with Gasteiger partial charge in [-0.3, -0.25) is 0 Å². The monoisotopic (exact) mass is 282 g/mol. The minimum absolute atomic E-state index is 0. The second-order valence-electron chi connectivity index (χ2n) is 5.05. The smallest absolute Gasteiger partial charge is 0.211 e. The Hall–Kier alpha value is 0.160. The van der Waals surface area contributed by atoms with Crippen LogP contribution in [0.1, 0.15) is 38.5 Å². The van der Waals surface area contributed by atoms with Crippen molar-refractivity contribution in [1.82, 2.24) is 10.0 Å². The van der Waals surface area contributed by atoms with Crippen molar-refractivity contribution >= 4 is 22.4 Å². The molecule has 0 amide bonds. The lowest BCUT2D eigenvalue weighted by Gasteiger charge is -2.26. The van der Waals surface area contributed by atoms with Gasteiger partial charge in [0.25, 0.3) is 0 Å². The van der Waals surface area contributed by atoms with Crippen molar-refractivity contribution in [2.75, 3.05) is 18.8 Å². The summed E-state index contributed by atoms with van der Waals surface area (Å²) in [5.74, 6) is 0.992. The summed E-state index contributed by atoms with van der Waals surface area (Å²) >= 11 is 0. The summed E-state index contributed by atoms with van der Waals surface area (Å²) in [5, 5.41) is 3.23. The quantitative estimate of drug-likeness (QED) is 0.798. The molecule has 2 aliphatic rings. The molecular formula is C11H23ClN2O2S. The Morgan fingerprint density at radius 1 is 1.12 bits per heavy atom. The van der Waals surface area contributed by atoms with E-state index in [9.17, 15) is 8.42 Å². The molecule has 4 nitrogen and oxygen atoms in total. The molecule has 1 saturated heterocycles. The van der Waals surface area contributed by atoms with E-state index in [1.807, 2.05) is 0 Å². The van der Waals surface area contributed by atoms with Crippen LogP contribution in [-0.2, 0) is 10.0 Å².